The van der Waals surface area contributed by atoms with Crippen LogP contribution in [0, 0.1) is 18.8 Å². The molecule has 1 aliphatic rings. The van der Waals surface area contributed by atoms with Crippen LogP contribution in [0.1, 0.15) is 52.5 Å². The molecule has 2 heterocycles. The van der Waals surface area contributed by atoms with Gasteiger partial charge < -0.3 is 15.7 Å². The molecule has 9 heteroatoms. The zero-order chi connectivity index (χ0) is 23.4. The number of benzene rings is 1. The molecule has 2 atom stereocenters. The van der Waals surface area contributed by atoms with E-state index in [1.165, 1.54) is 6.20 Å². The maximum absolute atomic E-state index is 13.0. The summed E-state index contributed by atoms with van der Waals surface area (Å²) in [6.45, 7) is 1.84. The zero-order valence-electron chi connectivity index (χ0n) is 17.9. The minimum atomic E-state index is -1.06. The number of carboxylic acid groups (broad SMARTS) is 1. The molecule has 0 radical (unpaired) electrons. The third kappa shape index (κ3) is 5.33. The predicted octanol–water partition coefficient (Wildman–Crippen LogP) is 4.25. The van der Waals surface area contributed by atoms with E-state index < -0.39 is 12.0 Å². The molecule has 1 aromatic carbocycles. The third-order valence-corrected chi connectivity index (χ3v) is 5.76. The number of rotatable bonds is 4. The Bertz CT molecular complexity index is 1250. The van der Waals surface area contributed by atoms with Crippen LogP contribution >= 0.6 is 11.6 Å². The van der Waals surface area contributed by atoms with Crippen molar-refractivity contribution in [3.05, 3.63) is 76.2 Å². The van der Waals surface area contributed by atoms with Gasteiger partial charge in [-0.15, -0.1) is 0 Å². The van der Waals surface area contributed by atoms with Gasteiger partial charge in [0.25, 0.3) is 5.91 Å². The predicted molar refractivity (Wildman–Crippen MR) is 124 cm³/mol. The highest BCUT2D eigenvalue weighted by Gasteiger charge is 2.31. The second kappa shape index (κ2) is 9.76. The molecule has 1 saturated carbocycles. The highest BCUT2D eigenvalue weighted by atomic mass is 35.5. The summed E-state index contributed by atoms with van der Waals surface area (Å²) in [7, 11) is 0. The molecule has 1 fully saturated rings. The fourth-order valence-electron chi connectivity index (χ4n) is 3.92. The van der Waals surface area contributed by atoms with Crippen molar-refractivity contribution in [1.29, 1.82) is 0 Å². The van der Waals surface area contributed by atoms with Crippen LogP contribution in [-0.2, 0) is 0 Å². The number of aromatic nitrogens is 3. The van der Waals surface area contributed by atoms with E-state index in [4.69, 9.17) is 16.7 Å². The molecule has 0 bridgehead atoms. The van der Waals surface area contributed by atoms with Crippen LogP contribution in [0.5, 0.6) is 0 Å². The molecular weight excluding hydrogens is 442 g/mol. The number of nitrogens with one attached hydrogen (secondary N) is 2. The standard InChI is InChI=1S/C24H22ClN5O3/c1-15-11-17(8-7-16-5-3-2-4-6-16)13-26-22(15)29-23(31)21-20(25)14-27-30(21)19-10-9-18(12-19)28-24(32)33/h2-6,11,13-14,18-19,28H,9-10,12H2,1H3,(H,32,33)(H,26,29,31)/t18-,19-/m1/s1. The van der Waals surface area contributed by atoms with E-state index in [0.29, 0.717) is 25.1 Å². The average molecular weight is 464 g/mol. The average Bonchev–Trinajstić information content (AvgIpc) is 3.40. The first-order valence-corrected chi connectivity index (χ1v) is 10.9. The number of carbonyl (C=O) groups is 2. The summed E-state index contributed by atoms with van der Waals surface area (Å²) in [5.74, 6) is 6.14. The molecule has 0 aliphatic heterocycles. The molecule has 33 heavy (non-hydrogen) atoms. The second-order valence-electron chi connectivity index (χ2n) is 7.86. The molecule has 2 aromatic heterocycles. The van der Waals surface area contributed by atoms with Gasteiger partial charge in [-0.3, -0.25) is 9.48 Å². The smallest absolute Gasteiger partial charge is 0.404 e. The molecule has 0 unspecified atom stereocenters. The van der Waals surface area contributed by atoms with Crippen LogP contribution in [0.15, 0.2) is 48.8 Å². The minimum Gasteiger partial charge on any atom is -0.465 e. The molecule has 4 rings (SSSR count). The largest absolute Gasteiger partial charge is 0.465 e. The van der Waals surface area contributed by atoms with E-state index >= 15 is 0 Å². The maximum atomic E-state index is 13.0. The first-order valence-electron chi connectivity index (χ1n) is 10.5. The van der Waals surface area contributed by atoms with Crippen molar-refractivity contribution in [2.24, 2.45) is 0 Å². The number of hydrogen-bond acceptors (Lipinski definition) is 4. The van der Waals surface area contributed by atoms with Gasteiger partial charge in [0.05, 0.1) is 17.3 Å². The van der Waals surface area contributed by atoms with Gasteiger partial charge >= 0.3 is 6.09 Å². The number of aryl methyl sites for hydroxylation is 1. The Balaban J connectivity index is 1.49. The lowest BCUT2D eigenvalue weighted by molar-refractivity contribution is 0.101. The number of hydrogen-bond donors (Lipinski definition) is 3. The van der Waals surface area contributed by atoms with Crippen LogP contribution in [0.2, 0.25) is 5.02 Å². The summed E-state index contributed by atoms with van der Waals surface area (Å²) in [5, 5.41) is 18.7. The Kier molecular flexibility index (Phi) is 6.61. The lowest BCUT2D eigenvalue weighted by Gasteiger charge is -2.16. The summed E-state index contributed by atoms with van der Waals surface area (Å²) < 4.78 is 1.58. The van der Waals surface area contributed by atoms with Crippen molar-refractivity contribution < 1.29 is 14.7 Å². The highest BCUT2D eigenvalue weighted by molar-refractivity contribution is 6.34. The highest BCUT2D eigenvalue weighted by Crippen LogP contribution is 2.32. The van der Waals surface area contributed by atoms with E-state index in [2.05, 4.69) is 32.6 Å². The van der Waals surface area contributed by atoms with E-state index in [-0.39, 0.29) is 22.8 Å². The lowest BCUT2D eigenvalue weighted by atomic mass is 10.1. The molecule has 3 aromatic rings. The minimum absolute atomic E-state index is 0.125. The van der Waals surface area contributed by atoms with Gasteiger partial charge in [0.2, 0.25) is 0 Å². The summed E-state index contributed by atoms with van der Waals surface area (Å²) >= 11 is 6.28. The lowest BCUT2D eigenvalue weighted by Crippen LogP contribution is -2.31. The Morgan fingerprint density at radius 2 is 1.91 bits per heavy atom. The molecule has 168 valence electrons. The first kappa shape index (κ1) is 22.4. The second-order valence-corrected chi connectivity index (χ2v) is 8.27. The fourth-order valence-corrected chi connectivity index (χ4v) is 4.14. The maximum Gasteiger partial charge on any atom is 0.404 e. The van der Waals surface area contributed by atoms with Gasteiger partial charge in [0.1, 0.15) is 11.5 Å². The zero-order valence-corrected chi connectivity index (χ0v) is 18.6. The van der Waals surface area contributed by atoms with Gasteiger partial charge in [0, 0.05) is 23.4 Å². The van der Waals surface area contributed by atoms with Crippen LogP contribution in [-0.4, -0.2) is 37.9 Å². The van der Waals surface area contributed by atoms with Gasteiger partial charge in [-0.1, -0.05) is 41.6 Å². The van der Waals surface area contributed by atoms with Crippen LogP contribution in [0.25, 0.3) is 0 Å². The Morgan fingerprint density at radius 3 is 2.64 bits per heavy atom. The number of nitrogens with zero attached hydrogens (tertiary/aromatic N) is 3. The van der Waals surface area contributed by atoms with E-state index in [1.54, 1.807) is 10.9 Å². The Morgan fingerprint density at radius 1 is 1.15 bits per heavy atom. The van der Waals surface area contributed by atoms with Crippen LogP contribution in [0.3, 0.4) is 0 Å². The quantitative estimate of drug-likeness (QED) is 0.501. The molecular formula is C24H22ClN5O3. The monoisotopic (exact) mass is 463 g/mol. The summed E-state index contributed by atoms with van der Waals surface area (Å²) in [4.78, 5) is 28.3. The third-order valence-electron chi connectivity index (χ3n) is 5.48. The van der Waals surface area contributed by atoms with Gasteiger partial charge in [-0.25, -0.2) is 9.78 Å². The SMILES string of the molecule is Cc1cc(C#Cc2ccccc2)cnc1NC(=O)c1c(Cl)cnn1[C@@H]1CC[C@@H](NC(=O)O)C1. The van der Waals surface area contributed by atoms with Gasteiger partial charge in [0.15, 0.2) is 0 Å². The van der Waals surface area contributed by atoms with Crippen molar-refractivity contribution in [2.75, 3.05) is 5.32 Å². The van der Waals surface area contributed by atoms with Crippen molar-refractivity contribution in [3.8, 4) is 11.8 Å². The van der Waals surface area contributed by atoms with E-state index in [9.17, 15) is 9.59 Å². The van der Waals surface area contributed by atoms with Crippen LogP contribution in [0.4, 0.5) is 10.6 Å². The number of carbonyl (C=O) groups excluding carboxylic acids is 1. The number of halogens is 1. The van der Waals surface area contributed by atoms with Crippen molar-refractivity contribution >= 4 is 29.4 Å². The number of pyridine rings is 1. The topological polar surface area (TPSA) is 109 Å². The summed E-state index contributed by atoms with van der Waals surface area (Å²) in [6.07, 6.45) is 3.87. The summed E-state index contributed by atoms with van der Waals surface area (Å²) in [5.41, 5.74) is 2.63. The number of anilines is 1. The van der Waals surface area contributed by atoms with Gasteiger partial charge in [-0.2, -0.15) is 5.10 Å². The number of amides is 2. The molecule has 8 nitrogen and oxygen atoms in total. The van der Waals surface area contributed by atoms with E-state index in [1.807, 2.05) is 43.3 Å². The molecule has 0 saturated heterocycles. The normalized spacial score (nSPS) is 17.2. The fraction of sp³-hybridized carbons (Fsp3) is 0.250. The van der Waals surface area contributed by atoms with Crippen molar-refractivity contribution in [1.82, 2.24) is 20.1 Å². The summed E-state index contributed by atoms with van der Waals surface area (Å²) in [6, 6.07) is 11.2. The Labute approximate surface area is 196 Å². The van der Waals surface area contributed by atoms with Gasteiger partial charge in [-0.05, 0) is 49.9 Å². The molecule has 1 aliphatic carbocycles. The molecule has 3 N–H and O–H groups in total. The van der Waals surface area contributed by atoms with Crippen molar-refractivity contribution in [2.45, 2.75) is 38.3 Å². The van der Waals surface area contributed by atoms with Crippen molar-refractivity contribution in [3.63, 3.8) is 0 Å². The van der Waals surface area contributed by atoms with E-state index in [0.717, 1.165) is 16.7 Å². The first-order chi connectivity index (χ1) is 15.9. The Hall–Kier alpha value is -3.83. The molecule has 0 spiro atoms. The van der Waals surface area contributed by atoms with Crippen LogP contribution < -0.4 is 10.6 Å². The molecule has 2 amide bonds.